The largest absolute Gasteiger partial charge is 0.497 e. The highest BCUT2D eigenvalue weighted by molar-refractivity contribution is 5.94. The number of methoxy groups -OCH3 is 1. The molecule has 0 unspecified atom stereocenters. The molecule has 2 aromatic carbocycles. The highest BCUT2D eigenvalue weighted by Crippen LogP contribution is 2.22. The second-order valence-electron chi connectivity index (χ2n) is 4.80. The number of benzene rings is 2. The molecule has 7 nitrogen and oxygen atoms in total. The standard InChI is InChI=1S/C16H16FN3O4/c1-24-11-6-7-12(13(17)10-11)16(21)19-9-8-18-14-4-2-3-5-15(14)20(22)23/h2-7,10,18H,8-9H2,1H3,(H,19,21). The molecular formula is C16H16FN3O4. The maximum absolute atomic E-state index is 13.8. The first-order valence-corrected chi connectivity index (χ1v) is 7.12. The van der Waals surface area contributed by atoms with Crippen LogP contribution in [0, 0.1) is 15.9 Å². The van der Waals surface area contributed by atoms with Crippen LogP contribution in [0.1, 0.15) is 10.4 Å². The van der Waals surface area contributed by atoms with E-state index in [0.717, 1.165) is 6.07 Å². The molecule has 8 heteroatoms. The zero-order valence-electron chi connectivity index (χ0n) is 12.9. The molecule has 2 aromatic rings. The monoisotopic (exact) mass is 333 g/mol. The van der Waals surface area contributed by atoms with E-state index in [1.807, 2.05) is 0 Å². The van der Waals surface area contributed by atoms with Crippen molar-refractivity contribution in [2.24, 2.45) is 0 Å². The van der Waals surface area contributed by atoms with Gasteiger partial charge in [-0.2, -0.15) is 0 Å². The molecule has 0 radical (unpaired) electrons. The van der Waals surface area contributed by atoms with Gasteiger partial charge in [-0.25, -0.2) is 4.39 Å². The summed E-state index contributed by atoms with van der Waals surface area (Å²) < 4.78 is 18.6. The van der Waals surface area contributed by atoms with Crippen LogP contribution in [0.2, 0.25) is 0 Å². The summed E-state index contributed by atoms with van der Waals surface area (Å²) in [6.45, 7) is 0.435. The number of nitrogens with zero attached hydrogens (tertiary/aromatic N) is 1. The normalized spacial score (nSPS) is 10.1. The molecule has 0 saturated carbocycles. The molecule has 0 atom stereocenters. The van der Waals surface area contributed by atoms with Crippen LogP contribution in [0.15, 0.2) is 42.5 Å². The van der Waals surface area contributed by atoms with Gasteiger partial charge in [0, 0.05) is 25.2 Å². The third-order valence-corrected chi connectivity index (χ3v) is 3.25. The van der Waals surface area contributed by atoms with E-state index in [1.165, 1.54) is 25.3 Å². The van der Waals surface area contributed by atoms with Crippen molar-refractivity contribution in [1.82, 2.24) is 5.32 Å². The number of nitrogens with one attached hydrogen (secondary N) is 2. The van der Waals surface area contributed by atoms with E-state index in [9.17, 15) is 19.3 Å². The predicted octanol–water partition coefficient (Wildman–Crippen LogP) is 2.58. The fourth-order valence-corrected chi connectivity index (χ4v) is 2.06. The van der Waals surface area contributed by atoms with E-state index in [4.69, 9.17) is 4.74 Å². The molecule has 0 saturated heterocycles. The maximum atomic E-state index is 13.8. The predicted molar refractivity (Wildman–Crippen MR) is 86.9 cm³/mol. The van der Waals surface area contributed by atoms with Crippen molar-refractivity contribution >= 4 is 17.3 Å². The van der Waals surface area contributed by atoms with Crippen LogP contribution in [-0.2, 0) is 0 Å². The summed E-state index contributed by atoms with van der Waals surface area (Å²) in [6.07, 6.45) is 0. The number of para-hydroxylation sites is 2. The highest BCUT2D eigenvalue weighted by Gasteiger charge is 2.13. The molecule has 0 aromatic heterocycles. The van der Waals surface area contributed by atoms with Crippen molar-refractivity contribution in [3.05, 3.63) is 64.0 Å². The molecule has 0 fully saturated rings. The zero-order valence-corrected chi connectivity index (χ0v) is 12.9. The number of hydrogen-bond acceptors (Lipinski definition) is 5. The number of nitro benzene ring substituents is 1. The summed E-state index contributed by atoms with van der Waals surface area (Å²) in [4.78, 5) is 22.3. The molecule has 0 aliphatic rings. The summed E-state index contributed by atoms with van der Waals surface area (Å²) in [5, 5.41) is 16.3. The number of ether oxygens (including phenoxy) is 1. The number of halogens is 1. The van der Waals surface area contributed by atoms with Crippen LogP contribution in [0.25, 0.3) is 0 Å². The second kappa shape index (κ2) is 7.91. The Morgan fingerprint density at radius 2 is 2.00 bits per heavy atom. The van der Waals surface area contributed by atoms with Gasteiger partial charge in [0.05, 0.1) is 17.6 Å². The third-order valence-electron chi connectivity index (χ3n) is 3.25. The fourth-order valence-electron chi connectivity index (χ4n) is 2.06. The lowest BCUT2D eigenvalue weighted by Crippen LogP contribution is -2.29. The van der Waals surface area contributed by atoms with Crippen molar-refractivity contribution in [1.29, 1.82) is 0 Å². The van der Waals surface area contributed by atoms with Gasteiger partial charge in [-0.15, -0.1) is 0 Å². The number of rotatable bonds is 7. The van der Waals surface area contributed by atoms with Crippen LogP contribution in [0.4, 0.5) is 15.8 Å². The van der Waals surface area contributed by atoms with Gasteiger partial charge >= 0.3 is 0 Å². The van der Waals surface area contributed by atoms with Gasteiger partial charge in [0.25, 0.3) is 11.6 Å². The first kappa shape index (κ1) is 17.2. The van der Waals surface area contributed by atoms with Gasteiger partial charge in [0.1, 0.15) is 17.3 Å². The van der Waals surface area contributed by atoms with Gasteiger partial charge in [-0.3, -0.25) is 14.9 Å². The minimum Gasteiger partial charge on any atom is -0.497 e. The topological polar surface area (TPSA) is 93.5 Å². The molecule has 0 bridgehead atoms. The maximum Gasteiger partial charge on any atom is 0.292 e. The van der Waals surface area contributed by atoms with Crippen molar-refractivity contribution < 1.29 is 18.8 Å². The highest BCUT2D eigenvalue weighted by atomic mass is 19.1. The SMILES string of the molecule is COc1ccc(C(=O)NCCNc2ccccc2[N+](=O)[O-])c(F)c1. The van der Waals surface area contributed by atoms with Crippen molar-refractivity contribution in [3.63, 3.8) is 0 Å². The van der Waals surface area contributed by atoms with E-state index in [2.05, 4.69) is 10.6 Å². The van der Waals surface area contributed by atoms with Crippen LogP contribution in [0.3, 0.4) is 0 Å². The van der Waals surface area contributed by atoms with Gasteiger partial charge in [-0.1, -0.05) is 12.1 Å². The Kier molecular flexibility index (Phi) is 5.67. The summed E-state index contributed by atoms with van der Waals surface area (Å²) in [5.74, 6) is -0.930. The van der Waals surface area contributed by atoms with Crippen LogP contribution in [0.5, 0.6) is 5.75 Å². The third kappa shape index (κ3) is 4.19. The Morgan fingerprint density at radius 1 is 1.25 bits per heavy atom. The minimum absolute atomic E-state index is 0.0509. The molecule has 2 N–H and O–H groups in total. The molecule has 0 heterocycles. The van der Waals surface area contributed by atoms with Gasteiger partial charge in [-0.05, 0) is 18.2 Å². The summed E-state index contributed by atoms with van der Waals surface area (Å²) in [5.41, 5.74) is 0.207. The minimum atomic E-state index is -0.682. The molecule has 1 amide bonds. The lowest BCUT2D eigenvalue weighted by Gasteiger charge is -2.09. The smallest absolute Gasteiger partial charge is 0.292 e. The van der Waals surface area contributed by atoms with Gasteiger partial charge in [0.15, 0.2) is 0 Å². The van der Waals surface area contributed by atoms with E-state index >= 15 is 0 Å². The zero-order chi connectivity index (χ0) is 17.5. The van der Waals surface area contributed by atoms with Crippen molar-refractivity contribution in [2.75, 3.05) is 25.5 Å². The molecular weight excluding hydrogens is 317 g/mol. The first-order chi connectivity index (χ1) is 11.5. The number of hydrogen-bond donors (Lipinski definition) is 2. The molecule has 0 aliphatic carbocycles. The van der Waals surface area contributed by atoms with E-state index in [1.54, 1.807) is 18.2 Å². The molecule has 0 aliphatic heterocycles. The van der Waals surface area contributed by atoms with Crippen molar-refractivity contribution in [3.8, 4) is 5.75 Å². The Morgan fingerprint density at radius 3 is 2.67 bits per heavy atom. The van der Waals surface area contributed by atoms with E-state index < -0.39 is 16.6 Å². The molecule has 24 heavy (non-hydrogen) atoms. The number of carbonyl (C=O) groups is 1. The quantitative estimate of drug-likeness (QED) is 0.461. The lowest BCUT2D eigenvalue weighted by atomic mass is 10.2. The van der Waals surface area contributed by atoms with E-state index in [0.29, 0.717) is 11.4 Å². The molecule has 126 valence electrons. The van der Waals surface area contributed by atoms with Crippen LogP contribution in [-0.4, -0.2) is 31.0 Å². The Balaban J connectivity index is 1.89. The van der Waals surface area contributed by atoms with E-state index in [-0.39, 0.29) is 24.3 Å². The first-order valence-electron chi connectivity index (χ1n) is 7.12. The Hall–Kier alpha value is -3.16. The summed E-state index contributed by atoms with van der Waals surface area (Å²) in [7, 11) is 1.41. The lowest BCUT2D eigenvalue weighted by molar-refractivity contribution is -0.384. The van der Waals surface area contributed by atoms with Crippen LogP contribution >= 0.6 is 0 Å². The Labute approximate surface area is 137 Å². The van der Waals surface area contributed by atoms with Crippen molar-refractivity contribution in [2.45, 2.75) is 0 Å². The fraction of sp³-hybridized carbons (Fsp3) is 0.188. The summed E-state index contributed by atoms with van der Waals surface area (Å²) in [6, 6.07) is 10.1. The molecule has 2 rings (SSSR count). The number of nitro groups is 1. The van der Waals surface area contributed by atoms with Crippen LogP contribution < -0.4 is 15.4 Å². The average Bonchev–Trinajstić information content (AvgIpc) is 2.58. The van der Waals surface area contributed by atoms with Gasteiger partial charge < -0.3 is 15.4 Å². The second-order valence-corrected chi connectivity index (χ2v) is 4.80. The average molecular weight is 333 g/mol. The number of anilines is 1. The number of carbonyl (C=O) groups excluding carboxylic acids is 1. The van der Waals surface area contributed by atoms with Gasteiger partial charge in [0.2, 0.25) is 0 Å². The Bertz CT molecular complexity index is 752. The summed E-state index contributed by atoms with van der Waals surface area (Å²) >= 11 is 0. The number of amides is 1. The molecule has 0 spiro atoms.